The first kappa shape index (κ1) is 14.7. The Morgan fingerprint density at radius 2 is 2.11 bits per heavy atom. The molecule has 2 N–H and O–H groups in total. The van der Waals surface area contributed by atoms with Crippen molar-refractivity contribution in [1.82, 2.24) is 4.72 Å². The van der Waals surface area contributed by atoms with Crippen molar-refractivity contribution in [2.45, 2.75) is 17.9 Å². The zero-order valence-electron chi connectivity index (χ0n) is 9.68. The first-order chi connectivity index (χ1) is 8.27. The number of carboxylic acids is 1. The van der Waals surface area contributed by atoms with E-state index in [1.807, 2.05) is 4.72 Å². The molecule has 0 aliphatic rings. The van der Waals surface area contributed by atoms with Crippen molar-refractivity contribution >= 4 is 27.6 Å². The van der Waals surface area contributed by atoms with Crippen LogP contribution in [0.1, 0.15) is 6.92 Å². The number of hydrogen-bond donors (Lipinski definition) is 2. The summed E-state index contributed by atoms with van der Waals surface area (Å²) in [6, 6.07) is 2.80. The zero-order valence-corrected chi connectivity index (χ0v) is 11.2. The van der Waals surface area contributed by atoms with Gasteiger partial charge >= 0.3 is 5.97 Å². The van der Waals surface area contributed by atoms with Crippen molar-refractivity contribution in [2.24, 2.45) is 0 Å². The molecule has 0 fully saturated rings. The molecule has 1 atom stereocenters. The van der Waals surface area contributed by atoms with Crippen LogP contribution in [0.15, 0.2) is 23.1 Å². The molecule has 1 rings (SSSR count). The van der Waals surface area contributed by atoms with Crippen LogP contribution in [0.3, 0.4) is 0 Å². The number of hydrogen-bond acceptors (Lipinski definition) is 4. The van der Waals surface area contributed by atoms with E-state index in [4.69, 9.17) is 21.4 Å². The Kier molecular flexibility index (Phi) is 4.55. The second kappa shape index (κ2) is 5.55. The van der Waals surface area contributed by atoms with Gasteiger partial charge in [0.2, 0.25) is 10.0 Å². The maximum atomic E-state index is 12.0. The number of benzene rings is 1. The second-order valence-corrected chi connectivity index (χ2v) is 5.60. The number of rotatable bonds is 5. The van der Waals surface area contributed by atoms with Gasteiger partial charge in [0.25, 0.3) is 0 Å². The number of nitrogens with one attached hydrogen (secondary N) is 1. The fraction of sp³-hybridized carbons (Fsp3) is 0.300. The van der Waals surface area contributed by atoms with E-state index in [9.17, 15) is 13.2 Å². The van der Waals surface area contributed by atoms with Crippen LogP contribution in [0, 0.1) is 0 Å². The predicted molar refractivity (Wildman–Crippen MR) is 65.4 cm³/mol. The molecule has 6 nitrogen and oxygen atoms in total. The summed E-state index contributed by atoms with van der Waals surface area (Å²) in [5.74, 6) is -1.19. The Balaban J connectivity index is 3.19. The molecule has 18 heavy (non-hydrogen) atoms. The van der Waals surface area contributed by atoms with Gasteiger partial charge in [0, 0.05) is 5.02 Å². The van der Waals surface area contributed by atoms with Crippen LogP contribution < -0.4 is 9.46 Å². The van der Waals surface area contributed by atoms with Crippen LogP contribution in [0.2, 0.25) is 5.02 Å². The SMILES string of the molecule is COc1ccc(Cl)cc1S(=O)(=O)N[C@@H](C)C(=O)O. The molecular weight excluding hydrogens is 282 g/mol. The van der Waals surface area contributed by atoms with Crippen molar-refractivity contribution in [2.75, 3.05) is 7.11 Å². The first-order valence-corrected chi connectivity index (χ1v) is 6.72. The lowest BCUT2D eigenvalue weighted by atomic mass is 10.3. The highest BCUT2D eigenvalue weighted by atomic mass is 35.5. The zero-order chi connectivity index (χ0) is 13.9. The van der Waals surface area contributed by atoms with Crippen LogP contribution in [0.5, 0.6) is 5.75 Å². The third-order valence-electron chi connectivity index (χ3n) is 2.12. The largest absolute Gasteiger partial charge is 0.495 e. The lowest BCUT2D eigenvalue weighted by Crippen LogP contribution is -2.38. The lowest BCUT2D eigenvalue weighted by molar-refractivity contribution is -0.138. The van der Waals surface area contributed by atoms with Crippen LogP contribution in [0.25, 0.3) is 0 Å². The molecule has 1 aromatic carbocycles. The minimum absolute atomic E-state index is 0.0875. The summed E-state index contributed by atoms with van der Waals surface area (Å²) in [6.45, 7) is 1.22. The normalized spacial score (nSPS) is 13.1. The van der Waals surface area contributed by atoms with E-state index in [-0.39, 0.29) is 15.7 Å². The maximum absolute atomic E-state index is 12.0. The quantitative estimate of drug-likeness (QED) is 0.848. The van der Waals surface area contributed by atoms with Crippen molar-refractivity contribution in [3.05, 3.63) is 23.2 Å². The summed E-state index contributed by atoms with van der Waals surface area (Å²) in [5, 5.41) is 8.90. The molecule has 0 aliphatic carbocycles. The van der Waals surface area contributed by atoms with E-state index < -0.39 is 22.0 Å². The second-order valence-electron chi connectivity index (χ2n) is 3.48. The molecule has 100 valence electrons. The Morgan fingerprint density at radius 3 is 2.61 bits per heavy atom. The van der Waals surface area contributed by atoms with E-state index in [0.717, 1.165) is 0 Å². The molecule has 0 bridgehead atoms. The van der Waals surface area contributed by atoms with Crippen LogP contribution in [-0.2, 0) is 14.8 Å². The monoisotopic (exact) mass is 293 g/mol. The van der Waals surface area contributed by atoms with Gasteiger partial charge in [-0.05, 0) is 25.1 Å². The van der Waals surface area contributed by atoms with Gasteiger partial charge in [-0.1, -0.05) is 11.6 Å². The smallest absolute Gasteiger partial charge is 0.321 e. The molecule has 0 aliphatic heterocycles. The Hall–Kier alpha value is -1.31. The topological polar surface area (TPSA) is 92.7 Å². The van der Waals surface area contributed by atoms with Gasteiger partial charge in [-0.3, -0.25) is 4.79 Å². The van der Waals surface area contributed by atoms with Gasteiger partial charge in [0.15, 0.2) is 0 Å². The Labute approximate surface area is 110 Å². The van der Waals surface area contributed by atoms with Gasteiger partial charge in [0.1, 0.15) is 16.7 Å². The highest BCUT2D eigenvalue weighted by Crippen LogP contribution is 2.26. The molecule has 0 spiro atoms. The Morgan fingerprint density at radius 1 is 1.50 bits per heavy atom. The molecule has 1 aromatic rings. The summed E-state index contributed by atoms with van der Waals surface area (Å²) < 4.78 is 30.8. The Bertz CT molecular complexity index is 557. The average Bonchev–Trinajstić information content (AvgIpc) is 2.28. The van der Waals surface area contributed by atoms with Crippen molar-refractivity contribution in [1.29, 1.82) is 0 Å². The third kappa shape index (κ3) is 3.34. The predicted octanol–water partition coefficient (Wildman–Crippen LogP) is 1.10. The molecule has 0 unspecified atom stereocenters. The molecule has 0 aromatic heterocycles. The van der Waals surface area contributed by atoms with Gasteiger partial charge in [0.05, 0.1) is 7.11 Å². The maximum Gasteiger partial charge on any atom is 0.321 e. The average molecular weight is 294 g/mol. The molecule has 0 amide bonds. The van der Waals surface area contributed by atoms with E-state index in [2.05, 4.69) is 0 Å². The van der Waals surface area contributed by atoms with Crippen molar-refractivity contribution in [3.8, 4) is 5.75 Å². The molecule has 0 saturated carbocycles. The third-order valence-corrected chi connectivity index (χ3v) is 3.91. The van der Waals surface area contributed by atoms with E-state index in [0.29, 0.717) is 0 Å². The number of sulfonamides is 1. The molecule has 0 heterocycles. The van der Waals surface area contributed by atoms with E-state index >= 15 is 0 Å². The lowest BCUT2D eigenvalue weighted by Gasteiger charge is -2.13. The summed E-state index contributed by atoms with van der Waals surface area (Å²) in [5.41, 5.74) is 0. The van der Waals surface area contributed by atoms with Crippen LogP contribution >= 0.6 is 11.6 Å². The van der Waals surface area contributed by atoms with Crippen LogP contribution in [-0.4, -0.2) is 32.6 Å². The molecular formula is C10H12ClNO5S. The fourth-order valence-corrected chi connectivity index (χ4v) is 2.84. The summed E-state index contributed by atoms with van der Waals surface area (Å²) in [6.07, 6.45) is 0. The van der Waals surface area contributed by atoms with E-state index in [1.54, 1.807) is 0 Å². The fourth-order valence-electron chi connectivity index (χ4n) is 1.21. The summed E-state index contributed by atoms with van der Waals surface area (Å²) >= 11 is 5.71. The van der Waals surface area contributed by atoms with Gasteiger partial charge in [-0.15, -0.1) is 0 Å². The van der Waals surface area contributed by atoms with E-state index in [1.165, 1.54) is 32.2 Å². The van der Waals surface area contributed by atoms with Crippen molar-refractivity contribution in [3.63, 3.8) is 0 Å². The standard InChI is InChI=1S/C10H12ClNO5S/c1-6(10(13)14)12-18(15,16)9-5-7(11)3-4-8(9)17-2/h3-6,12H,1-2H3,(H,13,14)/t6-/m0/s1. The number of halogens is 1. The number of ether oxygens (including phenoxy) is 1. The number of carbonyl (C=O) groups is 1. The van der Waals surface area contributed by atoms with Gasteiger partial charge < -0.3 is 9.84 Å². The molecule has 0 radical (unpaired) electrons. The van der Waals surface area contributed by atoms with Gasteiger partial charge in [-0.2, -0.15) is 4.72 Å². The minimum atomic E-state index is -4.01. The molecule has 8 heteroatoms. The van der Waals surface area contributed by atoms with Crippen LogP contribution in [0.4, 0.5) is 0 Å². The van der Waals surface area contributed by atoms with Crippen molar-refractivity contribution < 1.29 is 23.1 Å². The summed E-state index contributed by atoms with van der Waals surface area (Å²) in [4.78, 5) is 10.4. The number of methoxy groups -OCH3 is 1. The minimum Gasteiger partial charge on any atom is -0.495 e. The number of carboxylic acid groups (broad SMARTS) is 1. The highest BCUT2D eigenvalue weighted by Gasteiger charge is 2.24. The van der Waals surface area contributed by atoms with Gasteiger partial charge in [-0.25, -0.2) is 8.42 Å². The highest BCUT2D eigenvalue weighted by molar-refractivity contribution is 7.89. The number of aliphatic carboxylic acids is 1. The summed E-state index contributed by atoms with van der Waals surface area (Å²) in [7, 11) is -2.70. The molecule has 0 saturated heterocycles. The first-order valence-electron chi connectivity index (χ1n) is 4.86.